The normalized spacial score (nSPS) is 11.4. The van der Waals surface area contributed by atoms with Crippen LogP contribution >= 0.6 is 0 Å². The zero-order valence-corrected chi connectivity index (χ0v) is 66.1. The van der Waals surface area contributed by atoms with E-state index in [0.29, 0.717) is 39.5 Å². The van der Waals surface area contributed by atoms with E-state index in [4.69, 9.17) is 19.7 Å². The van der Waals surface area contributed by atoms with Gasteiger partial charge in [0.25, 0.3) is 0 Å². The average Bonchev–Trinajstić information content (AvgIpc) is 0.787. The van der Waals surface area contributed by atoms with Crippen molar-refractivity contribution in [1.29, 1.82) is 0 Å². The number of phenolic OH excluding ortho intramolecular Hbond substituents is 13. The molecule has 0 heterocycles. The second-order valence-electron chi connectivity index (χ2n) is 32.8. The highest BCUT2D eigenvalue weighted by Crippen LogP contribution is 2.43. The lowest BCUT2D eigenvalue weighted by Gasteiger charge is -2.27. The van der Waals surface area contributed by atoms with Gasteiger partial charge < -0.3 is 75.9 Å². The van der Waals surface area contributed by atoms with Crippen LogP contribution < -0.4 is 9.47 Å². The van der Waals surface area contributed by atoms with Gasteiger partial charge in [-0.1, -0.05) is 188 Å². The molecule has 15 heteroatoms. The van der Waals surface area contributed by atoms with Crippen molar-refractivity contribution < 1.29 is 75.9 Å². The standard InChI is InChI=1S/C14H22O2.C12H10O.4C11H16O2.C10H14O2.C8H10O2/c1-13(2,3)10-7-9(15)8-11(12(10)16)14(4,5)6;13-12-8-6-11(7-9-12)10-4-2-1-3-5-10;1-7-5-10(13)8(6-9(7)12)11(2,3)4;1-7-5-8(12)6-9(10(7)13)11(2,3)4;1-11(2,3)9-7-8(13-4)5-6-10(9)12;1-11(2,3)9-7-8(12)5-6-10(9)13-4;1-10(2,3)8-6-7(11)4-5-9(8)12;1-5-3-7(9)4-6(2)8(5)10/h7-8,15-16H,1-6H3;1-9,13H;2*5-6,12-13H,1-4H3;2*5-7,12H,1-4H3;4-6,11-12H,1-3H3;3-4,9-10H,1-2H3. The van der Waals surface area contributed by atoms with E-state index in [2.05, 4.69) is 41.5 Å². The number of aromatic hydroxyl groups is 13. The third-order valence-electron chi connectivity index (χ3n) is 16.2. The monoisotopic (exact) mass is 1420 g/mol. The van der Waals surface area contributed by atoms with Crippen LogP contribution in [0.25, 0.3) is 11.1 Å². The number of methoxy groups -OCH3 is 2. The Balaban J connectivity index is 0.000000401. The van der Waals surface area contributed by atoms with Crippen LogP contribution in [0.15, 0.2) is 158 Å². The maximum absolute atomic E-state index is 10.3. The van der Waals surface area contributed by atoms with E-state index in [1.807, 2.05) is 152 Å². The molecule has 0 fully saturated rings. The van der Waals surface area contributed by atoms with Gasteiger partial charge in [0.05, 0.1) is 14.2 Å². The fraction of sp³-hybridized carbons (Fsp3) is 0.386. The highest BCUT2D eigenvalue weighted by atomic mass is 16.5. The number of aryl methyl sites for hydroxylation is 4. The summed E-state index contributed by atoms with van der Waals surface area (Å²) in [5, 5.41) is 123. The van der Waals surface area contributed by atoms with Gasteiger partial charge in [-0.05, 0) is 214 Å². The molecule has 0 aliphatic carbocycles. The number of ether oxygens (including phenoxy) is 2. The van der Waals surface area contributed by atoms with Crippen LogP contribution in [-0.4, -0.2) is 80.6 Å². The molecular formula is C88H120O15. The molecule has 0 radical (unpaired) electrons. The second-order valence-corrected chi connectivity index (χ2v) is 32.8. The molecule has 15 nitrogen and oxygen atoms in total. The fourth-order valence-corrected chi connectivity index (χ4v) is 10.2. The van der Waals surface area contributed by atoms with Crippen molar-refractivity contribution in [3.8, 4) is 97.4 Å². The first-order valence-electron chi connectivity index (χ1n) is 34.2. The molecule has 9 rings (SSSR count). The van der Waals surface area contributed by atoms with Gasteiger partial charge in [0.2, 0.25) is 0 Å². The molecule has 0 saturated heterocycles. The first kappa shape index (κ1) is 89.1. The second kappa shape index (κ2) is 36.7. The summed E-state index contributed by atoms with van der Waals surface area (Å²) >= 11 is 0. The molecule has 0 spiro atoms. The summed E-state index contributed by atoms with van der Waals surface area (Å²) in [6.07, 6.45) is 0. The Kier molecular flexibility index (Phi) is 31.8. The van der Waals surface area contributed by atoms with E-state index in [-0.39, 0.29) is 95.4 Å². The Labute approximate surface area is 614 Å². The van der Waals surface area contributed by atoms with Crippen LogP contribution in [-0.2, 0) is 37.9 Å². The van der Waals surface area contributed by atoms with Crippen molar-refractivity contribution in [2.75, 3.05) is 14.2 Å². The van der Waals surface area contributed by atoms with E-state index in [1.165, 1.54) is 29.8 Å². The van der Waals surface area contributed by atoms with Crippen LogP contribution in [0.3, 0.4) is 0 Å². The van der Waals surface area contributed by atoms with Crippen LogP contribution in [0.1, 0.15) is 207 Å². The van der Waals surface area contributed by atoms with Crippen LogP contribution in [0.2, 0.25) is 0 Å². The van der Waals surface area contributed by atoms with Crippen LogP contribution in [0.5, 0.6) is 86.2 Å². The Morgan fingerprint density at radius 1 is 0.223 bits per heavy atom. The first-order chi connectivity index (χ1) is 46.9. The molecule has 0 aliphatic rings. The van der Waals surface area contributed by atoms with Gasteiger partial charge in [0.15, 0.2) is 0 Å². The largest absolute Gasteiger partial charge is 0.508 e. The smallest absolute Gasteiger partial charge is 0.123 e. The quantitative estimate of drug-likeness (QED) is 0.0733. The van der Waals surface area contributed by atoms with Gasteiger partial charge in [0.1, 0.15) is 86.2 Å². The molecule has 0 saturated carbocycles. The van der Waals surface area contributed by atoms with E-state index in [1.54, 1.807) is 127 Å². The summed E-state index contributed by atoms with van der Waals surface area (Å²) in [5.41, 5.74) is 10.1. The molecule has 0 aromatic heterocycles. The third kappa shape index (κ3) is 28.7. The highest BCUT2D eigenvalue weighted by Gasteiger charge is 2.28. The van der Waals surface area contributed by atoms with Gasteiger partial charge in [-0.2, -0.15) is 0 Å². The van der Waals surface area contributed by atoms with Crippen molar-refractivity contribution in [1.82, 2.24) is 0 Å². The molecule has 9 aromatic carbocycles. The maximum atomic E-state index is 10.3. The Hall–Kier alpha value is -10.0. The molecule has 0 atom stereocenters. The Morgan fingerprint density at radius 3 is 0.942 bits per heavy atom. The molecule has 0 aliphatic heterocycles. The van der Waals surface area contributed by atoms with Gasteiger partial charge in [-0.3, -0.25) is 0 Å². The summed E-state index contributed by atoms with van der Waals surface area (Å²) in [7, 11) is 3.26. The Morgan fingerprint density at radius 2 is 0.544 bits per heavy atom. The molecule has 9 aromatic rings. The minimum absolute atomic E-state index is 0.00984. The molecule has 103 heavy (non-hydrogen) atoms. The lowest BCUT2D eigenvalue weighted by molar-refractivity contribution is 0.394. The van der Waals surface area contributed by atoms with Crippen LogP contribution in [0.4, 0.5) is 0 Å². The van der Waals surface area contributed by atoms with Crippen molar-refractivity contribution in [3.63, 3.8) is 0 Å². The van der Waals surface area contributed by atoms with Gasteiger partial charge in [-0.15, -0.1) is 0 Å². The summed E-state index contributed by atoms with van der Waals surface area (Å²) < 4.78 is 10.3. The minimum Gasteiger partial charge on any atom is -0.508 e. The van der Waals surface area contributed by atoms with Gasteiger partial charge in [-0.25, -0.2) is 0 Å². The van der Waals surface area contributed by atoms with E-state index >= 15 is 0 Å². The number of benzene rings is 9. The topological polar surface area (TPSA) is 281 Å². The summed E-state index contributed by atoms with van der Waals surface area (Å²) in [6.45, 7) is 49.6. The molecule has 0 unspecified atom stereocenters. The molecule has 0 bridgehead atoms. The van der Waals surface area contributed by atoms with E-state index < -0.39 is 0 Å². The summed E-state index contributed by atoms with van der Waals surface area (Å²) in [4.78, 5) is 0. The van der Waals surface area contributed by atoms with Crippen molar-refractivity contribution in [2.45, 2.75) is 211 Å². The lowest BCUT2D eigenvalue weighted by atomic mass is 9.79. The lowest BCUT2D eigenvalue weighted by Crippen LogP contribution is -2.16. The molecule has 0 amide bonds. The zero-order chi connectivity index (χ0) is 79.5. The fourth-order valence-electron chi connectivity index (χ4n) is 10.2. The summed E-state index contributed by atoms with van der Waals surface area (Å²) in [5.74, 6) is 4.91. The third-order valence-corrected chi connectivity index (χ3v) is 16.2. The maximum Gasteiger partial charge on any atom is 0.123 e. The molecular weight excluding hydrogens is 1300 g/mol. The van der Waals surface area contributed by atoms with Gasteiger partial charge in [0, 0.05) is 38.9 Å². The summed E-state index contributed by atoms with van der Waals surface area (Å²) in [6, 6.07) is 45.1. The van der Waals surface area contributed by atoms with Crippen molar-refractivity contribution >= 4 is 0 Å². The number of rotatable bonds is 3. The number of hydrogen-bond donors (Lipinski definition) is 13. The Bertz CT molecular complexity index is 4100. The average molecular weight is 1420 g/mol. The van der Waals surface area contributed by atoms with Crippen molar-refractivity contribution in [2.24, 2.45) is 0 Å². The minimum atomic E-state index is -0.178. The predicted molar refractivity (Wildman–Crippen MR) is 422 cm³/mol. The molecule has 562 valence electrons. The van der Waals surface area contributed by atoms with Gasteiger partial charge >= 0.3 is 0 Å². The van der Waals surface area contributed by atoms with Crippen LogP contribution in [0, 0.1) is 27.7 Å². The predicted octanol–water partition coefficient (Wildman–Crippen LogP) is 21.7. The SMILES string of the molecule is CC(C)(C)c1cc(O)cc(C(C)(C)C)c1O.CC(C)(C)c1cc(O)ccc1O.COc1ccc(O)c(C(C)(C)C)c1.COc1ccc(O)cc1C(C)(C)C.Cc1cc(O)c(C(C)(C)C)cc1O.Cc1cc(O)cc(C(C)(C)C)c1O.Cc1cc(O)cc(C)c1O.Oc1ccc(-c2ccccc2)cc1. The number of phenols is 13. The van der Waals surface area contributed by atoms with E-state index in [0.717, 1.165) is 56.0 Å². The molecule has 13 N–H and O–H groups in total. The number of hydrogen-bond acceptors (Lipinski definition) is 15. The highest BCUT2D eigenvalue weighted by molar-refractivity contribution is 5.64. The zero-order valence-electron chi connectivity index (χ0n) is 66.1. The van der Waals surface area contributed by atoms with E-state index in [9.17, 15) is 56.2 Å². The first-order valence-corrected chi connectivity index (χ1v) is 34.2. The van der Waals surface area contributed by atoms with Crippen molar-refractivity contribution in [3.05, 3.63) is 219 Å².